The first kappa shape index (κ1) is 19.3. The summed E-state index contributed by atoms with van der Waals surface area (Å²) in [4.78, 5) is 12.4. The van der Waals surface area contributed by atoms with Crippen molar-refractivity contribution in [2.24, 2.45) is 5.92 Å². The number of benzene rings is 1. The lowest BCUT2D eigenvalue weighted by molar-refractivity contribution is -0.141. The second-order valence-corrected chi connectivity index (χ2v) is 6.76. The van der Waals surface area contributed by atoms with Gasteiger partial charge in [0.05, 0.1) is 19.1 Å². The molecule has 0 bridgehead atoms. The molecule has 1 heterocycles. The number of anilines is 1. The highest BCUT2D eigenvalue weighted by molar-refractivity contribution is 5.92. The fourth-order valence-corrected chi connectivity index (χ4v) is 2.83. The van der Waals surface area contributed by atoms with Crippen LogP contribution in [0, 0.1) is 5.92 Å². The van der Waals surface area contributed by atoms with Crippen LogP contribution in [0.4, 0.5) is 18.9 Å². The first-order chi connectivity index (χ1) is 12.8. The van der Waals surface area contributed by atoms with Crippen molar-refractivity contribution in [3.8, 4) is 5.75 Å². The zero-order valence-electron chi connectivity index (χ0n) is 15.2. The maximum atomic E-state index is 13.0. The van der Waals surface area contributed by atoms with Gasteiger partial charge in [0.1, 0.15) is 5.75 Å². The molecule has 1 aromatic carbocycles. The molecule has 1 saturated carbocycles. The van der Waals surface area contributed by atoms with E-state index in [9.17, 15) is 18.0 Å². The molecule has 1 unspecified atom stereocenters. The number of amides is 1. The van der Waals surface area contributed by atoms with Crippen LogP contribution in [-0.2, 0) is 17.5 Å². The van der Waals surface area contributed by atoms with E-state index in [1.54, 1.807) is 31.2 Å². The van der Waals surface area contributed by atoms with Gasteiger partial charge in [-0.05, 0) is 50.1 Å². The van der Waals surface area contributed by atoms with E-state index in [2.05, 4.69) is 10.4 Å². The summed E-state index contributed by atoms with van der Waals surface area (Å²) < 4.78 is 45.6. The highest BCUT2D eigenvalue weighted by Gasteiger charge is 2.38. The summed E-state index contributed by atoms with van der Waals surface area (Å²) in [6.45, 7) is 4.21. The van der Waals surface area contributed by atoms with Crippen molar-refractivity contribution in [3.05, 3.63) is 41.7 Å². The second kappa shape index (κ2) is 7.62. The van der Waals surface area contributed by atoms with Crippen LogP contribution in [0.25, 0.3) is 0 Å². The number of aromatic nitrogens is 2. The predicted octanol–water partition coefficient (Wildman–Crippen LogP) is 4.45. The fraction of sp³-hybridized carbons (Fsp3) is 0.474. The number of hydrogen-bond donors (Lipinski definition) is 1. The molecule has 1 amide bonds. The molecule has 8 heteroatoms. The molecule has 1 fully saturated rings. The summed E-state index contributed by atoms with van der Waals surface area (Å²) >= 11 is 0. The maximum absolute atomic E-state index is 13.0. The van der Waals surface area contributed by atoms with Crippen LogP contribution in [0.5, 0.6) is 5.75 Å². The van der Waals surface area contributed by atoms with Gasteiger partial charge in [-0.25, -0.2) is 0 Å². The molecule has 1 atom stereocenters. The molecule has 27 heavy (non-hydrogen) atoms. The van der Waals surface area contributed by atoms with Gasteiger partial charge < -0.3 is 10.1 Å². The van der Waals surface area contributed by atoms with Crippen LogP contribution in [-0.4, -0.2) is 22.3 Å². The van der Waals surface area contributed by atoms with Crippen molar-refractivity contribution in [2.45, 2.75) is 45.3 Å². The Morgan fingerprint density at radius 2 is 2.00 bits per heavy atom. The van der Waals surface area contributed by atoms with E-state index >= 15 is 0 Å². The largest absolute Gasteiger partial charge is 0.494 e. The maximum Gasteiger partial charge on any atom is 0.435 e. The normalized spacial score (nSPS) is 15.4. The minimum atomic E-state index is -4.48. The van der Waals surface area contributed by atoms with E-state index in [-0.39, 0.29) is 18.4 Å². The number of carbonyl (C=O) groups excluding carboxylic acids is 1. The number of halogens is 3. The topological polar surface area (TPSA) is 56.1 Å². The lowest BCUT2D eigenvalue weighted by atomic mass is 10.1. The first-order valence-electron chi connectivity index (χ1n) is 8.96. The van der Waals surface area contributed by atoms with E-state index < -0.39 is 17.8 Å². The Labute approximate surface area is 155 Å². The minimum Gasteiger partial charge on any atom is -0.494 e. The number of rotatable bonds is 7. The lowest BCUT2D eigenvalue weighted by Crippen LogP contribution is -2.25. The number of nitrogens with zero attached hydrogens (tertiary/aromatic N) is 2. The fourth-order valence-electron chi connectivity index (χ4n) is 2.83. The molecule has 0 aliphatic heterocycles. The first-order valence-corrected chi connectivity index (χ1v) is 8.96. The molecule has 0 spiro atoms. The van der Waals surface area contributed by atoms with Gasteiger partial charge in [0.25, 0.3) is 0 Å². The van der Waals surface area contributed by atoms with Crippen LogP contribution in [0.2, 0.25) is 0 Å². The lowest BCUT2D eigenvalue weighted by Gasteiger charge is -2.14. The number of alkyl halides is 3. The summed E-state index contributed by atoms with van der Waals surface area (Å²) in [5.74, 6) is 0.00355. The van der Waals surface area contributed by atoms with Gasteiger partial charge in [0.15, 0.2) is 5.69 Å². The highest BCUT2D eigenvalue weighted by Crippen LogP contribution is 2.42. The van der Waals surface area contributed by atoms with Crippen molar-refractivity contribution in [1.82, 2.24) is 9.78 Å². The third-order valence-corrected chi connectivity index (χ3v) is 4.42. The number of nitrogens with one attached hydrogen (secondary N) is 1. The summed E-state index contributed by atoms with van der Waals surface area (Å²) in [5, 5.41) is 6.47. The molecule has 1 N–H and O–H groups in total. The molecule has 146 valence electrons. The van der Waals surface area contributed by atoms with Crippen LogP contribution >= 0.6 is 0 Å². The van der Waals surface area contributed by atoms with Crippen molar-refractivity contribution in [2.75, 3.05) is 11.9 Å². The van der Waals surface area contributed by atoms with Crippen molar-refractivity contribution >= 4 is 11.6 Å². The Hall–Kier alpha value is -2.51. The Kier molecular flexibility index (Phi) is 5.43. The van der Waals surface area contributed by atoms with Gasteiger partial charge in [-0.3, -0.25) is 9.48 Å². The van der Waals surface area contributed by atoms with Gasteiger partial charge in [-0.2, -0.15) is 18.3 Å². The smallest absolute Gasteiger partial charge is 0.435 e. The molecule has 5 nitrogen and oxygen atoms in total. The summed E-state index contributed by atoms with van der Waals surface area (Å²) in [7, 11) is 0. The molecule has 3 rings (SSSR count). The number of hydrogen-bond acceptors (Lipinski definition) is 3. The van der Waals surface area contributed by atoms with E-state index in [4.69, 9.17) is 4.74 Å². The van der Waals surface area contributed by atoms with E-state index in [0.29, 0.717) is 23.7 Å². The number of ether oxygens (including phenoxy) is 1. The third kappa shape index (κ3) is 4.81. The molecule has 0 saturated heterocycles. The summed E-state index contributed by atoms with van der Waals surface area (Å²) in [5.41, 5.74) is 0.265. The van der Waals surface area contributed by atoms with Gasteiger partial charge in [-0.15, -0.1) is 0 Å². The van der Waals surface area contributed by atoms with Gasteiger partial charge in [-0.1, -0.05) is 6.92 Å². The summed E-state index contributed by atoms with van der Waals surface area (Å²) in [6.07, 6.45) is -2.77. The average molecular weight is 381 g/mol. The standard InChI is InChI=1S/C19H22F3N3O2/c1-3-27-15-8-6-14(7-9-15)23-18(26)12(2)11-25-16(13-4-5-13)10-17(24-25)19(20,21)22/h6-10,12-13H,3-5,11H2,1-2H3,(H,23,26). The Morgan fingerprint density at radius 3 is 2.56 bits per heavy atom. The quantitative estimate of drug-likeness (QED) is 0.771. The van der Waals surface area contributed by atoms with Crippen molar-refractivity contribution < 1.29 is 22.7 Å². The summed E-state index contributed by atoms with van der Waals surface area (Å²) in [6, 6.07) is 8.05. The van der Waals surface area contributed by atoms with Crippen LogP contribution in [0.3, 0.4) is 0 Å². The van der Waals surface area contributed by atoms with E-state index in [1.807, 2.05) is 6.92 Å². The molecule has 1 aliphatic carbocycles. The molecule has 0 radical (unpaired) electrons. The van der Waals surface area contributed by atoms with Gasteiger partial charge >= 0.3 is 6.18 Å². The number of carbonyl (C=O) groups is 1. The van der Waals surface area contributed by atoms with E-state index in [1.165, 1.54) is 4.68 Å². The highest BCUT2D eigenvalue weighted by atomic mass is 19.4. The van der Waals surface area contributed by atoms with E-state index in [0.717, 1.165) is 18.9 Å². The predicted molar refractivity (Wildman–Crippen MR) is 94.6 cm³/mol. The molecular formula is C19H22F3N3O2. The second-order valence-electron chi connectivity index (χ2n) is 6.76. The zero-order chi connectivity index (χ0) is 19.6. The Morgan fingerprint density at radius 1 is 1.33 bits per heavy atom. The van der Waals surface area contributed by atoms with Crippen molar-refractivity contribution in [1.29, 1.82) is 0 Å². The SMILES string of the molecule is CCOc1ccc(NC(=O)C(C)Cn2nc(C(F)(F)F)cc2C2CC2)cc1. The average Bonchev–Trinajstić information content (AvgIpc) is 3.36. The molecule has 2 aromatic rings. The molecular weight excluding hydrogens is 359 g/mol. The zero-order valence-corrected chi connectivity index (χ0v) is 15.2. The third-order valence-electron chi connectivity index (χ3n) is 4.42. The molecule has 1 aromatic heterocycles. The van der Waals surface area contributed by atoms with Crippen molar-refractivity contribution in [3.63, 3.8) is 0 Å². The van der Waals surface area contributed by atoms with Crippen LogP contribution in [0.1, 0.15) is 44.0 Å². The van der Waals surface area contributed by atoms with Gasteiger partial charge in [0.2, 0.25) is 5.91 Å². The Bertz CT molecular complexity index is 796. The van der Waals surface area contributed by atoms with Gasteiger partial charge in [0, 0.05) is 17.3 Å². The minimum absolute atomic E-state index is 0.102. The van der Waals surface area contributed by atoms with Crippen LogP contribution in [0.15, 0.2) is 30.3 Å². The Balaban J connectivity index is 1.66. The molecule has 1 aliphatic rings. The van der Waals surface area contributed by atoms with Crippen LogP contribution < -0.4 is 10.1 Å². The monoisotopic (exact) mass is 381 g/mol.